The van der Waals surface area contributed by atoms with Crippen LogP contribution >= 0.6 is 0 Å². The van der Waals surface area contributed by atoms with Crippen LogP contribution in [0.4, 0.5) is 10.1 Å². The summed E-state index contributed by atoms with van der Waals surface area (Å²) in [7, 11) is -3.77. The Bertz CT molecular complexity index is 947. The van der Waals surface area contributed by atoms with E-state index in [0.717, 1.165) is 37.7 Å². The molecule has 30 heavy (non-hydrogen) atoms. The van der Waals surface area contributed by atoms with E-state index in [1.54, 1.807) is 0 Å². The molecule has 2 aromatic rings. The van der Waals surface area contributed by atoms with Crippen molar-refractivity contribution >= 4 is 21.6 Å². The molecule has 162 valence electrons. The molecule has 1 heterocycles. The van der Waals surface area contributed by atoms with Gasteiger partial charge in [0.05, 0.1) is 4.90 Å². The SMILES string of the molecule is CC1CCCN(Cc2ccc(NC(=O)CCNS(=O)(=O)c3ccc(F)cc3)cc2)C1. The zero-order chi connectivity index (χ0) is 21.6. The minimum atomic E-state index is -3.77. The van der Waals surface area contributed by atoms with Crippen LogP contribution in [0.15, 0.2) is 53.4 Å². The number of carbonyl (C=O) groups excluding carboxylic acids is 1. The number of amides is 1. The largest absolute Gasteiger partial charge is 0.326 e. The zero-order valence-electron chi connectivity index (χ0n) is 17.1. The summed E-state index contributed by atoms with van der Waals surface area (Å²) in [6, 6.07) is 12.3. The molecule has 0 bridgehead atoms. The van der Waals surface area contributed by atoms with Crippen molar-refractivity contribution in [2.75, 3.05) is 25.0 Å². The topological polar surface area (TPSA) is 78.5 Å². The van der Waals surface area contributed by atoms with Crippen molar-refractivity contribution in [1.82, 2.24) is 9.62 Å². The maximum atomic E-state index is 12.9. The Balaban J connectivity index is 1.44. The average molecular weight is 434 g/mol. The number of carbonyl (C=O) groups is 1. The highest BCUT2D eigenvalue weighted by atomic mass is 32.2. The molecule has 1 unspecified atom stereocenters. The van der Waals surface area contributed by atoms with Gasteiger partial charge < -0.3 is 5.32 Å². The van der Waals surface area contributed by atoms with E-state index >= 15 is 0 Å². The first-order valence-electron chi connectivity index (χ1n) is 10.2. The fraction of sp³-hybridized carbons (Fsp3) is 0.409. The van der Waals surface area contributed by atoms with Gasteiger partial charge in [-0.2, -0.15) is 0 Å². The number of likely N-dealkylation sites (tertiary alicyclic amines) is 1. The lowest BCUT2D eigenvalue weighted by Crippen LogP contribution is -2.33. The van der Waals surface area contributed by atoms with Gasteiger partial charge in [-0.3, -0.25) is 9.69 Å². The van der Waals surface area contributed by atoms with Crippen LogP contribution in [0.3, 0.4) is 0 Å². The number of nitrogens with zero attached hydrogens (tertiary/aromatic N) is 1. The summed E-state index contributed by atoms with van der Waals surface area (Å²) in [6.45, 7) is 5.38. The number of piperidine rings is 1. The van der Waals surface area contributed by atoms with E-state index in [0.29, 0.717) is 5.69 Å². The Morgan fingerprint density at radius 1 is 1.13 bits per heavy atom. The van der Waals surface area contributed by atoms with Crippen molar-refractivity contribution in [3.8, 4) is 0 Å². The van der Waals surface area contributed by atoms with E-state index in [4.69, 9.17) is 0 Å². The Hall–Kier alpha value is -2.29. The minimum absolute atomic E-state index is 0.00611. The molecule has 0 saturated carbocycles. The van der Waals surface area contributed by atoms with Gasteiger partial charge in [0.1, 0.15) is 5.82 Å². The number of nitrogens with one attached hydrogen (secondary N) is 2. The number of rotatable bonds is 8. The van der Waals surface area contributed by atoms with Crippen LogP contribution in [-0.2, 0) is 21.4 Å². The van der Waals surface area contributed by atoms with E-state index in [-0.39, 0.29) is 23.8 Å². The lowest BCUT2D eigenvalue weighted by Gasteiger charge is -2.30. The molecular weight excluding hydrogens is 405 g/mol. The van der Waals surface area contributed by atoms with Gasteiger partial charge in [-0.1, -0.05) is 19.1 Å². The van der Waals surface area contributed by atoms with Gasteiger partial charge in [0.25, 0.3) is 0 Å². The lowest BCUT2D eigenvalue weighted by molar-refractivity contribution is -0.116. The summed E-state index contributed by atoms with van der Waals surface area (Å²) in [5.74, 6) is -0.0583. The first kappa shape index (κ1) is 22.4. The third-order valence-corrected chi connectivity index (χ3v) is 6.63. The third-order valence-electron chi connectivity index (χ3n) is 5.15. The van der Waals surface area contributed by atoms with Gasteiger partial charge in [-0.05, 0) is 67.3 Å². The predicted octanol–water partition coefficient (Wildman–Crippen LogP) is 3.36. The molecule has 0 radical (unpaired) electrons. The zero-order valence-corrected chi connectivity index (χ0v) is 17.9. The van der Waals surface area contributed by atoms with Gasteiger partial charge in [-0.25, -0.2) is 17.5 Å². The van der Waals surface area contributed by atoms with E-state index in [1.165, 1.54) is 30.5 Å². The quantitative estimate of drug-likeness (QED) is 0.669. The molecule has 1 aliphatic heterocycles. The number of anilines is 1. The summed E-state index contributed by atoms with van der Waals surface area (Å²) in [6.07, 6.45) is 2.52. The highest BCUT2D eigenvalue weighted by Gasteiger charge is 2.16. The molecule has 3 rings (SSSR count). The van der Waals surface area contributed by atoms with Crippen molar-refractivity contribution in [1.29, 1.82) is 0 Å². The van der Waals surface area contributed by atoms with Crippen LogP contribution in [0.2, 0.25) is 0 Å². The second-order valence-corrected chi connectivity index (χ2v) is 9.60. The first-order chi connectivity index (χ1) is 14.3. The van der Waals surface area contributed by atoms with Crippen LogP contribution in [0.1, 0.15) is 31.7 Å². The monoisotopic (exact) mass is 433 g/mol. The molecule has 6 nitrogen and oxygen atoms in total. The molecule has 1 fully saturated rings. The van der Waals surface area contributed by atoms with Crippen molar-refractivity contribution in [3.63, 3.8) is 0 Å². The minimum Gasteiger partial charge on any atom is -0.326 e. The summed E-state index contributed by atoms with van der Waals surface area (Å²) in [4.78, 5) is 14.5. The van der Waals surface area contributed by atoms with Crippen molar-refractivity contribution in [2.24, 2.45) is 5.92 Å². The maximum absolute atomic E-state index is 12.9. The van der Waals surface area contributed by atoms with Gasteiger partial charge in [-0.15, -0.1) is 0 Å². The molecule has 1 saturated heterocycles. The maximum Gasteiger partial charge on any atom is 0.240 e. The molecule has 2 N–H and O–H groups in total. The van der Waals surface area contributed by atoms with Gasteiger partial charge in [0, 0.05) is 31.7 Å². The highest BCUT2D eigenvalue weighted by Crippen LogP contribution is 2.19. The summed E-state index contributed by atoms with van der Waals surface area (Å²) in [5, 5.41) is 2.78. The fourth-order valence-electron chi connectivity index (χ4n) is 3.60. The fourth-order valence-corrected chi connectivity index (χ4v) is 4.63. The smallest absolute Gasteiger partial charge is 0.240 e. The van der Waals surface area contributed by atoms with Gasteiger partial charge in [0.15, 0.2) is 0 Å². The Kier molecular flexibility index (Phi) is 7.58. The van der Waals surface area contributed by atoms with E-state index in [2.05, 4.69) is 21.9 Å². The Morgan fingerprint density at radius 2 is 1.83 bits per heavy atom. The Morgan fingerprint density at radius 3 is 2.50 bits per heavy atom. The number of hydrogen-bond acceptors (Lipinski definition) is 4. The van der Waals surface area contributed by atoms with Crippen molar-refractivity contribution in [3.05, 3.63) is 59.9 Å². The second-order valence-electron chi connectivity index (χ2n) is 7.83. The van der Waals surface area contributed by atoms with Crippen LogP contribution in [0.5, 0.6) is 0 Å². The van der Waals surface area contributed by atoms with Gasteiger partial charge >= 0.3 is 0 Å². The molecule has 0 aliphatic carbocycles. The molecular formula is C22H28FN3O3S. The summed E-state index contributed by atoms with van der Waals surface area (Å²) < 4.78 is 39.6. The molecule has 0 spiro atoms. The highest BCUT2D eigenvalue weighted by molar-refractivity contribution is 7.89. The number of sulfonamides is 1. The predicted molar refractivity (Wildman–Crippen MR) is 115 cm³/mol. The van der Waals surface area contributed by atoms with Crippen molar-refractivity contribution < 1.29 is 17.6 Å². The van der Waals surface area contributed by atoms with Crippen LogP contribution in [0.25, 0.3) is 0 Å². The van der Waals surface area contributed by atoms with Crippen molar-refractivity contribution in [2.45, 2.75) is 37.6 Å². The van der Waals surface area contributed by atoms with Gasteiger partial charge in [0.2, 0.25) is 15.9 Å². The second kappa shape index (κ2) is 10.1. The molecule has 1 aliphatic rings. The number of halogens is 1. The van der Waals surface area contributed by atoms with Crippen LogP contribution in [0, 0.1) is 11.7 Å². The summed E-state index contributed by atoms with van der Waals surface area (Å²) >= 11 is 0. The molecule has 0 aromatic heterocycles. The molecule has 8 heteroatoms. The van der Waals surface area contributed by atoms with E-state index < -0.39 is 15.8 Å². The lowest BCUT2D eigenvalue weighted by atomic mass is 10.00. The first-order valence-corrected chi connectivity index (χ1v) is 11.7. The number of hydrogen-bond donors (Lipinski definition) is 2. The van der Waals surface area contributed by atoms with E-state index in [1.807, 2.05) is 24.3 Å². The Labute approximate surface area is 177 Å². The average Bonchev–Trinajstić information content (AvgIpc) is 2.70. The normalized spacial score (nSPS) is 17.6. The van der Waals surface area contributed by atoms with E-state index in [9.17, 15) is 17.6 Å². The molecule has 1 amide bonds. The molecule has 2 aromatic carbocycles. The number of benzene rings is 2. The van der Waals surface area contributed by atoms with Crippen LogP contribution in [-0.4, -0.2) is 38.9 Å². The standard InChI is InChI=1S/C22H28FN3O3S/c1-17-3-2-14-26(15-17)16-18-4-8-20(9-5-18)25-22(27)12-13-24-30(28,29)21-10-6-19(23)7-11-21/h4-11,17,24H,2-3,12-16H2,1H3,(H,25,27). The summed E-state index contributed by atoms with van der Waals surface area (Å²) in [5.41, 5.74) is 1.88. The molecule has 1 atom stereocenters. The third kappa shape index (κ3) is 6.62. The van der Waals surface area contributed by atoms with Crippen LogP contribution < -0.4 is 10.0 Å².